The van der Waals surface area contributed by atoms with E-state index in [0.717, 1.165) is 54.6 Å². The lowest BCUT2D eigenvalue weighted by Crippen LogP contribution is -2.34. The van der Waals surface area contributed by atoms with Crippen molar-refractivity contribution in [1.29, 1.82) is 0 Å². The zero-order chi connectivity index (χ0) is 47.8. The smallest absolute Gasteiger partial charge is 0.306 e. The summed E-state index contributed by atoms with van der Waals surface area (Å²) in [5.74, 6) is 0. The molecule has 0 aliphatic heterocycles. The average Bonchev–Trinajstić information content (AvgIpc) is 3.34. The van der Waals surface area contributed by atoms with Crippen LogP contribution < -0.4 is 22.4 Å². The topological polar surface area (TPSA) is 163 Å². The Bertz CT molecular complexity index is 3470. The first kappa shape index (κ1) is 47.2. The van der Waals surface area contributed by atoms with Crippen LogP contribution in [-0.4, -0.2) is 49.9 Å². The van der Waals surface area contributed by atoms with Crippen LogP contribution in [0.3, 0.4) is 0 Å². The molecule has 15 heteroatoms. The normalized spacial score (nSPS) is 10.7. The van der Waals surface area contributed by atoms with Gasteiger partial charge in [-0.2, -0.15) is 0 Å². The summed E-state index contributed by atoms with van der Waals surface area (Å²) in [4.78, 5) is 74.2. The van der Waals surface area contributed by atoms with Gasteiger partial charge in [-0.1, -0.05) is 101 Å². The summed E-state index contributed by atoms with van der Waals surface area (Å²) in [7, 11) is 4.85. The summed E-state index contributed by atoms with van der Waals surface area (Å²) in [6.45, 7) is 5.97. The van der Waals surface area contributed by atoms with Crippen molar-refractivity contribution in [3.05, 3.63) is 210 Å². The Morgan fingerprint density at radius 2 is 0.866 bits per heavy atom. The molecule has 9 rings (SSSR count). The van der Waals surface area contributed by atoms with Crippen LogP contribution in [0.5, 0.6) is 0 Å². The number of pyridine rings is 3. The molecule has 0 atom stereocenters. The van der Waals surface area contributed by atoms with Crippen LogP contribution in [0.25, 0.3) is 67.2 Å². The van der Waals surface area contributed by atoms with Gasteiger partial charge < -0.3 is 4.98 Å². The molecule has 6 heterocycles. The summed E-state index contributed by atoms with van der Waals surface area (Å²) >= 11 is 7.56. The van der Waals surface area contributed by atoms with Crippen LogP contribution in [0, 0.1) is 20.8 Å². The summed E-state index contributed by atoms with van der Waals surface area (Å²) in [6, 6.07) is 34.3. The first-order valence-corrected chi connectivity index (χ1v) is 22.5. The first-order valence-electron chi connectivity index (χ1n) is 20.9. The zero-order valence-corrected chi connectivity index (χ0v) is 39.4. The van der Waals surface area contributed by atoms with E-state index >= 15 is 0 Å². The van der Waals surface area contributed by atoms with Crippen molar-refractivity contribution in [3.8, 4) is 67.2 Å². The van der Waals surface area contributed by atoms with Crippen molar-refractivity contribution in [1.82, 2.24) is 43.6 Å². The molecule has 6 aromatic heterocycles. The van der Waals surface area contributed by atoms with Gasteiger partial charge in [0.15, 0.2) is 5.16 Å². The number of nitrogens with zero attached hydrogens (tertiary/aromatic N) is 8. The van der Waals surface area contributed by atoms with Gasteiger partial charge in [0.1, 0.15) is 0 Å². The number of nitrogens with one attached hydrogen (secondary N) is 1. The summed E-state index contributed by atoms with van der Waals surface area (Å²) in [5.41, 5.74) is 10.7. The van der Waals surface area contributed by atoms with E-state index in [0.29, 0.717) is 38.9 Å². The molecule has 0 bridgehead atoms. The molecule has 0 aliphatic carbocycles. The molecule has 336 valence electrons. The maximum Gasteiger partial charge on any atom is 0.328 e. The Kier molecular flexibility index (Phi) is 14.8. The molecule has 0 spiro atoms. The molecule has 0 unspecified atom stereocenters. The Hall–Kier alpha value is -7.81. The highest BCUT2D eigenvalue weighted by Gasteiger charge is 2.20. The third-order valence-corrected chi connectivity index (χ3v) is 11.8. The lowest BCUT2D eigenvalue weighted by Gasteiger charge is -2.14. The van der Waals surface area contributed by atoms with E-state index in [-0.39, 0.29) is 22.0 Å². The van der Waals surface area contributed by atoms with E-state index in [1.165, 1.54) is 23.4 Å². The van der Waals surface area contributed by atoms with E-state index in [9.17, 15) is 19.2 Å². The van der Waals surface area contributed by atoms with Gasteiger partial charge in [0.25, 0.3) is 16.7 Å². The van der Waals surface area contributed by atoms with Gasteiger partial charge in [0, 0.05) is 75.0 Å². The Labute approximate surface area is 395 Å². The lowest BCUT2D eigenvalue weighted by atomic mass is 10.00. The minimum Gasteiger partial charge on any atom is -0.306 e. The summed E-state index contributed by atoms with van der Waals surface area (Å²) in [5, 5.41) is 0.853. The summed E-state index contributed by atoms with van der Waals surface area (Å²) < 4.78 is 4.04. The van der Waals surface area contributed by atoms with Crippen molar-refractivity contribution < 1.29 is 0 Å². The number of aromatic amines is 1. The van der Waals surface area contributed by atoms with Crippen LogP contribution in [0.4, 0.5) is 0 Å². The predicted molar refractivity (Wildman–Crippen MR) is 268 cm³/mol. The van der Waals surface area contributed by atoms with Crippen molar-refractivity contribution in [3.63, 3.8) is 0 Å². The number of halogens is 1. The predicted octanol–water partition coefficient (Wildman–Crippen LogP) is 9.12. The second-order valence-corrected chi connectivity index (χ2v) is 16.6. The largest absolute Gasteiger partial charge is 0.328 e. The minimum absolute atomic E-state index is 0.0400. The highest BCUT2D eigenvalue weighted by Crippen LogP contribution is 2.31. The van der Waals surface area contributed by atoms with Crippen LogP contribution in [0.15, 0.2) is 171 Å². The van der Waals surface area contributed by atoms with Gasteiger partial charge in [-0.05, 0) is 91.7 Å². The van der Waals surface area contributed by atoms with Crippen molar-refractivity contribution in [2.45, 2.75) is 25.9 Å². The molecule has 0 aliphatic rings. The van der Waals surface area contributed by atoms with Gasteiger partial charge in [-0.15, -0.1) is 0 Å². The summed E-state index contributed by atoms with van der Waals surface area (Å²) in [6.07, 6.45) is 12.0. The highest BCUT2D eigenvalue weighted by molar-refractivity contribution is 7.98. The molecule has 0 radical (unpaired) electrons. The SMILES string of the molecule is CSc1nc(-c2ccncc2)c(-c2cccc(C)c2)c(=O)n1C.Cc1cccc(-c2c(-c3ccncc3)[nH]c(=O)n(C)c2=O)c1.Cc1cccc(-c2c(-c3ccncc3)nc(Cl)n(C)c2=O)c1. The molecule has 67 heavy (non-hydrogen) atoms. The number of benzene rings is 3. The number of H-pyrrole nitrogens is 1. The van der Waals surface area contributed by atoms with Gasteiger partial charge >= 0.3 is 5.69 Å². The highest BCUT2D eigenvalue weighted by atomic mass is 35.5. The molecular formula is C52H46ClN9O4S. The number of hydrogen-bond acceptors (Lipinski definition) is 10. The van der Waals surface area contributed by atoms with Crippen molar-refractivity contribution in [2.24, 2.45) is 21.1 Å². The van der Waals surface area contributed by atoms with E-state index in [4.69, 9.17) is 16.6 Å². The molecular weight excluding hydrogens is 882 g/mol. The van der Waals surface area contributed by atoms with Crippen LogP contribution >= 0.6 is 23.4 Å². The van der Waals surface area contributed by atoms with Crippen LogP contribution in [0.1, 0.15) is 16.7 Å². The molecule has 13 nitrogen and oxygen atoms in total. The van der Waals surface area contributed by atoms with E-state index < -0.39 is 5.69 Å². The molecule has 0 fully saturated rings. The number of hydrogen-bond donors (Lipinski definition) is 1. The minimum atomic E-state index is -0.437. The Morgan fingerprint density at radius 3 is 1.30 bits per heavy atom. The quantitative estimate of drug-likeness (QED) is 0.121. The maximum absolute atomic E-state index is 12.9. The van der Waals surface area contributed by atoms with Gasteiger partial charge in [-0.25, -0.2) is 14.8 Å². The number of aryl methyl sites for hydroxylation is 3. The molecule has 9 aromatic rings. The van der Waals surface area contributed by atoms with E-state index in [1.54, 1.807) is 68.0 Å². The zero-order valence-electron chi connectivity index (χ0n) is 37.9. The number of rotatable bonds is 7. The maximum atomic E-state index is 12.9. The Morgan fingerprint density at radius 1 is 0.478 bits per heavy atom. The third-order valence-electron chi connectivity index (χ3n) is 10.8. The van der Waals surface area contributed by atoms with Crippen molar-refractivity contribution >= 4 is 23.4 Å². The lowest BCUT2D eigenvalue weighted by molar-refractivity contribution is 0.715. The fraction of sp³-hybridized carbons (Fsp3) is 0.135. The van der Waals surface area contributed by atoms with Gasteiger partial charge in [-0.3, -0.25) is 43.0 Å². The van der Waals surface area contributed by atoms with E-state index in [1.807, 2.05) is 124 Å². The molecule has 0 amide bonds. The van der Waals surface area contributed by atoms with Crippen molar-refractivity contribution in [2.75, 3.05) is 6.26 Å². The first-order chi connectivity index (χ1) is 32.3. The van der Waals surface area contributed by atoms with Crippen LogP contribution in [0.2, 0.25) is 5.28 Å². The van der Waals surface area contributed by atoms with Gasteiger partial charge in [0.05, 0.1) is 33.8 Å². The number of thioether (sulfide) groups is 1. The molecule has 0 saturated heterocycles. The second kappa shape index (κ2) is 21.0. The second-order valence-electron chi connectivity index (χ2n) is 15.5. The fourth-order valence-electron chi connectivity index (χ4n) is 7.32. The molecule has 0 saturated carbocycles. The van der Waals surface area contributed by atoms with Gasteiger partial charge in [0.2, 0.25) is 5.28 Å². The monoisotopic (exact) mass is 927 g/mol. The fourth-order valence-corrected chi connectivity index (χ4v) is 8.02. The third kappa shape index (κ3) is 10.5. The molecule has 1 N–H and O–H groups in total. The molecule has 3 aromatic carbocycles. The number of aromatic nitrogens is 9. The van der Waals surface area contributed by atoms with Crippen LogP contribution in [-0.2, 0) is 21.1 Å². The average molecular weight is 929 g/mol. The standard InChI is InChI=1S/C18H17N3OS.C17H14ClN3O.C17H15N3O2/c1-12-5-4-6-14(11-12)15-16(13-7-9-19-10-8-13)20-18(23-3)21(2)17(15)22;1-11-4-3-5-13(10-11)14-15(12-6-8-19-9-7-12)20-17(18)21(2)16(14)22;1-11-4-3-5-13(10-11)14-15(12-6-8-18-9-7-12)19-17(22)20(2)16(14)21/h4-11H,1-3H3;3-10H,1-2H3;3-10H,1-2H3,(H,19,22). The Balaban J connectivity index is 0.000000149. The van der Waals surface area contributed by atoms with E-state index in [2.05, 4.69) is 24.9 Å².